The molecule has 3 aromatic heterocycles. The third-order valence-electron chi connectivity index (χ3n) is 6.43. The summed E-state index contributed by atoms with van der Waals surface area (Å²) in [7, 11) is 0. The zero-order valence-corrected chi connectivity index (χ0v) is 18.4. The maximum atomic E-state index is 13.2. The first kappa shape index (κ1) is 21.8. The molecule has 1 aliphatic heterocycles. The van der Waals surface area contributed by atoms with E-state index in [1.165, 1.54) is 0 Å². The lowest BCUT2D eigenvalue weighted by atomic mass is 9.98. The van der Waals surface area contributed by atoms with Crippen LogP contribution in [-0.4, -0.2) is 43.4 Å². The number of amides is 1. The Morgan fingerprint density at radius 1 is 1.24 bits per heavy atom. The number of carboxylic acids is 1. The van der Waals surface area contributed by atoms with Crippen LogP contribution >= 0.6 is 0 Å². The summed E-state index contributed by atoms with van der Waals surface area (Å²) in [5.74, 6) is -1.75. The molecule has 4 aromatic rings. The number of hydrogen-bond donors (Lipinski definition) is 2. The third-order valence-corrected chi connectivity index (χ3v) is 6.43. The summed E-state index contributed by atoms with van der Waals surface area (Å²) in [6.45, 7) is 0.495. The molecule has 2 unspecified atom stereocenters. The van der Waals surface area contributed by atoms with Gasteiger partial charge in [0.25, 0.3) is 0 Å². The number of pyridine rings is 2. The van der Waals surface area contributed by atoms with Crippen molar-refractivity contribution >= 4 is 34.0 Å². The van der Waals surface area contributed by atoms with E-state index >= 15 is 0 Å². The van der Waals surface area contributed by atoms with E-state index in [2.05, 4.69) is 15.0 Å². The minimum Gasteiger partial charge on any atom is -0.481 e. The van der Waals surface area contributed by atoms with Crippen LogP contribution in [0.4, 0.5) is 0 Å². The summed E-state index contributed by atoms with van der Waals surface area (Å²) in [6.07, 6.45) is 4.45. The second-order valence-corrected chi connectivity index (χ2v) is 8.65. The van der Waals surface area contributed by atoms with E-state index in [-0.39, 0.29) is 18.2 Å². The summed E-state index contributed by atoms with van der Waals surface area (Å²) in [6, 6.07) is 12.3. The van der Waals surface area contributed by atoms with Gasteiger partial charge in [-0.15, -0.1) is 0 Å². The number of aliphatic carboxylic acids is 1. The van der Waals surface area contributed by atoms with Crippen molar-refractivity contribution in [2.75, 3.05) is 6.54 Å². The van der Waals surface area contributed by atoms with Gasteiger partial charge < -0.3 is 14.4 Å². The van der Waals surface area contributed by atoms with Gasteiger partial charge in [-0.05, 0) is 67.6 Å². The quantitative estimate of drug-likeness (QED) is 0.412. The highest BCUT2D eigenvalue weighted by molar-refractivity contribution is 5.82. The van der Waals surface area contributed by atoms with Crippen LogP contribution in [-0.2, 0) is 16.0 Å². The molecule has 1 amide bonds. The number of likely N-dealkylation sites (tertiary alicyclic amines) is 1. The molecule has 1 aliphatic rings. The lowest BCUT2D eigenvalue weighted by Gasteiger charge is -2.27. The fraction of sp³-hybridized carbons (Fsp3) is 0.320. The molecular weight excluding hydrogens is 436 g/mol. The predicted octanol–water partition coefficient (Wildman–Crippen LogP) is 3.45. The molecule has 0 spiro atoms. The van der Waals surface area contributed by atoms with E-state index < -0.39 is 17.8 Å². The van der Waals surface area contributed by atoms with Gasteiger partial charge in [0, 0.05) is 29.7 Å². The highest BCUT2D eigenvalue weighted by Crippen LogP contribution is 2.34. The normalized spacial score (nSPS) is 17.0. The zero-order chi connectivity index (χ0) is 23.7. The first-order valence-electron chi connectivity index (χ1n) is 11.3. The fourth-order valence-corrected chi connectivity index (χ4v) is 4.74. The maximum Gasteiger partial charge on any atom is 0.417 e. The number of carboxylic acid groups (broad SMARTS) is 1. The number of nitrogens with zero attached hydrogens (tertiary/aromatic N) is 3. The summed E-state index contributed by atoms with van der Waals surface area (Å²) in [5.41, 5.74) is 3.18. The van der Waals surface area contributed by atoms with Gasteiger partial charge in [0.15, 0.2) is 11.2 Å². The maximum absolute atomic E-state index is 13.2. The van der Waals surface area contributed by atoms with Crippen molar-refractivity contribution in [2.24, 2.45) is 5.92 Å². The van der Waals surface area contributed by atoms with Gasteiger partial charge in [0.1, 0.15) is 0 Å². The van der Waals surface area contributed by atoms with Crippen molar-refractivity contribution in [3.05, 3.63) is 70.5 Å². The molecule has 34 heavy (non-hydrogen) atoms. The van der Waals surface area contributed by atoms with Gasteiger partial charge >= 0.3 is 11.7 Å². The molecule has 174 valence electrons. The summed E-state index contributed by atoms with van der Waals surface area (Å²) in [4.78, 5) is 49.4. The molecule has 0 radical (unpaired) electrons. The number of rotatable bonds is 8. The van der Waals surface area contributed by atoms with Crippen LogP contribution in [0.1, 0.15) is 43.0 Å². The first-order chi connectivity index (χ1) is 16.5. The Morgan fingerprint density at radius 3 is 2.97 bits per heavy atom. The fourth-order valence-electron chi connectivity index (χ4n) is 4.74. The number of nitrogens with one attached hydrogen (secondary N) is 1. The van der Waals surface area contributed by atoms with Gasteiger partial charge in [-0.3, -0.25) is 14.6 Å². The second kappa shape index (κ2) is 9.09. The molecule has 9 heteroatoms. The molecule has 9 nitrogen and oxygen atoms in total. The molecule has 1 aromatic carbocycles. The molecule has 2 N–H and O–H groups in total. The first-order valence-corrected chi connectivity index (χ1v) is 11.3. The van der Waals surface area contributed by atoms with Crippen LogP contribution < -0.4 is 5.76 Å². The van der Waals surface area contributed by atoms with E-state index in [0.29, 0.717) is 36.0 Å². The zero-order valence-electron chi connectivity index (χ0n) is 18.4. The average Bonchev–Trinajstić information content (AvgIpc) is 3.38. The highest BCUT2D eigenvalue weighted by atomic mass is 16.4. The monoisotopic (exact) mass is 460 g/mol. The van der Waals surface area contributed by atoms with Gasteiger partial charge in [-0.25, -0.2) is 14.8 Å². The van der Waals surface area contributed by atoms with E-state index in [4.69, 9.17) is 4.42 Å². The van der Waals surface area contributed by atoms with Gasteiger partial charge in [0.05, 0.1) is 18.0 Å². The van der Waals surface area contributed by atoms with Crippen molar-refractivity contribution < 1.29 is 19.1 Å². The summed E-state index contributed by atoms with van der Waals surface area (Å²) >= 11 is 0. The number of aryl methyl sites for hydroxylation is 1. The van der Waals surface area contributed by atoms with Crippen LogP contribution in [0.15, 0.2) is 57.9 Å². The standard InChI is InChI=1S/C25H24N4O5/c30-22(31)14-20(17-7-9-19-21(13-17)34-25(33)28-19)29-12-10-16(24(29)32)3-1-5-18-8-6-15-4-2-11-26-23(15)27-18/h2,4,6-9,11,13,16,20H,1,3,5,10,12,14H2,(H,28,33)(H,30,31). The van der Waals surface area contributed by atoms with Crippen molar-refractivity contribution in [1.82, 2.24) is 19.9 Å². The Bertz CT molecular complexity index is 1430. The predicted molar refractivity (Wildman–Crippen MR) is 124 cm³/mol. The van der Waals surface area contributed by atoms with Crippen LogP contribution in [0.2, 0.25) is 0 Å². The van der Waals surface area contributed by atoms with Gasteiger partial charge in [0.2, 0.25) is 5.91 Å². The van der Waals surface area contributed by atoms with Crippen molar-refractivity contribution in [3.8, 4) is 0 Å². The number of hydrogen-bond acceptors (Lipinski definition) is 6. The van der Waals surface area contributed by atoms with E-state index in [1.807, 2.05) is 24.3 Å². The van der Waals surface area contributed by atoms with Crippen LogP contribution in [0.25, 0.3) is 22.1 Å². The number of H-pyrrole nitrogens is 1. The Morgan fingerprint density at radius 2 is 2.12 bits per heavy atom. The molecular formula is C25H24N4O5. The number of aromatic amines is 1. The van der Waals surface area contributed by atoms with E-state index in [1.54, 1.807) is 29.3 Å². The molecule has 2 atom stereocenters. The molecule has 0 saturated carbocycles. The summed E-state index contributed by atoms with van der Waals surface area (Å²) in [5, 5.41) is 10.5. The molecule has 5 rings (SSSR count). The molecule has 1 fully saturated rings. The number of oxazole rings is 1. The lowest BCUT2D eigenvalue weighted by molar-refractivity contribution is -0.140. The smallest absolute Gasteiger partial charge is 0.417 e. The number of carbonyl (C=O) groups is 2. The highest BCUT2D eigenvalue weighted by Gasteiger charge is 2.37. The van der Waals surface area contributed by atoms with Crippen molar-refractivity contribution in [3.63, 3.8) is 0 Å². The Balaban J connectivity index is 1.27. The van der Waals surface area contributed by atoms with Crippen molar-refractivity contribution in [2.45, 2.75) is 38.1 Å². The Kier molecular flexibility index (Phi) is 5.83. The van der Waals surface area contributed by atoms with Gasteiger partial charge in [-0.1, -0.05) is 6.07 Å². The minimum absolute atomic E-state index is 0.0324. The molecule has 1 saturated heterocycles. The van der Waals surface area contributed by atoms with E-state index in [9.17, 15) is 19.5 Å². The second-order valence-electron chi connectivity index (χ2n) is 8.65. The largest absolute Gasteiger partial charge is 0.481 e. The number of fused-ring (bicyclic) bond motifs is 2. The van der Waals surface area contributed by atoms with E-state index in [0.717, 1.165) is 29.6 Å². The third kappa shape index (κ3) is 4.41. The molecule has 0 aliphatic carbocycles. The van der Waals surface area contributed by atoms with Gasteiger partial charge in [-0.2, -0.15) is 0 Å². The Hall–Kier alpha value is -4.01. The molecule has 0 bridgehead atoms. The SMILES string of the molecule is O=C(O)CC(c1ccc2[nH]c(=O)oc2c1)N1CCC(CCCc2ccc3cccnc3n2)C1=O. The Labute approximate surface area is 194 Å². The van der Waals surface area contributed by atoms with Crippen LogP contribution in [0.5, 0.6) is 0 Å². The van der Waals surface area contributed by atoms with Crippen molar-refractivity contribution in [1.29, 1.82) is 0 Å². The topological polar surface area (TPSA) is 129 Å². The number of aromatic nitrogens is 3. The number of carbonyl (C=O) groups excluding carboxylic acids is 1. The molecule has 4 heterocycles. The lowest BCUT2D eigenvalue weighted by Crippen LogP contribution is -2.33. The van der Waals surface area contributed by atoms with Crippen LogP contribution in [0, 0.1) is 5.92 Å². The minimum atomic E-state index is -0.993. The average molecular weight is 460 g/mol. The number of benzene rings is 1. The van der Waals surface area contributed by atoms with Crippen LogP contribution in [0.3, 0.4) is 0 Å². The summed E-state index contributed by atoms with van der Waals surface area (Å²) < 4.78 is 5.12.